The lowest BCUT2D eigenvalue weighted by Gasteiger charge is -2.32. The Morgan fingerprint density at radius 2 is 1.75 bits per heavy atom. The van der Waals surface area contributed by atoms with Crippen molar-refractivity contribution < 1.29 is 14.4 Å². The van der Waals surface area contributed by atoms with Crippen LogP contribution in [0.3, 0.4) is 0 Å². The number of hydrogen-bond donors (Lipinski definition) is 3. The Balaban J connectivity index is 1.72. The fourth-order valence-corrected chi connectivity index (χ4v) is 6.65. The Morgan fingerprint density at radius 3 is 2.38 bits per heavy atom. The molecular weight excluding hydrogens is 520 g/mol. The fraction of sp³-hybridized carbons (Fsp3) is 0.594. The third kappa shape index (κ3) is 9.16. The molecule has 40 heavy (non-hydrogen) atoms. The van der Waals surface area contributed by atoms with Gasteiger partial charge in [-0.2, -0.15) is 0 Å². The van der Waals surface area contributed by atoms with Crippen molar-refractivity contribution in [1.29, 1.82) is 0 Å². The van der Waals surface area contributed by atoms with Gasteiger partial charge in [-0.05, 0) is 60.8 Å². The second-order valence-electron chi connectivity index (χ2n) is 11.4. The molecule has 1 aromatic carbocycles. The molecule has 0 spiro atoms. The minimum atomic E-state index is -0.686. The summed E-state index contributed by atoms with van der Waals surface area (Å²) in [6, 6.07) is 7.74. The third-order valence-electron chi connectivity index (χ3n) is 8.02. The highest BCUT2D eigenvalue weighted by atomic mass is 32.1. The van der Waals surface area contributed by atoms with Gasteiger partial charge in [0.1, 0.15) is 6.04 Å². The highest BCUT2D eigenvalue weighted by Crippen LogP contribution is 2.30. The maximum Gasteiger partial charge on any atom is 0.247 e. The highest BCUT2D eigenvalue weighted by molar-refractivity contribution is 7.19. The first-order valence-electron chi connectivity index (χ1n) is 14.9. The number of fused-ring (bicyclic) bond motifs is 1. The third-order valence-corrected chi connectivity index (χ3v) is 9.14. The van der Waals surface area contributed by atoms with Crippen LogP contribution in [-0.4, -0.2) is 60.9 Å². The van der Waals surface area contributed by atoms with Crippen molar-refractivity contribution in [3.63, 3.8) is 0 Å². The molecule has 1 saturated carbocycles. The molecular formula is C32H48N4O3S. The number of hydrogen-bond acceptors (Lipinski definition) is 5. The molecule has 2 aromatic rings. The maximum absolute atomic E-state index is 13.6. The van der Waals surface area contributed by atoms with Crippen LogP contribution in [0.5, 0.6) is 0 Å². The number of amides is 3. The first-order valence-corrected chi connectivity index (χ1v) is 15.7. The molecule has 0 radical (unpaired) electrons. The van der Waals surface area contributed by atoms with Gasteiger partial charge in [-0.3, -0.25) is 19.3 Å². The van der Waals surface area contributed by atoms with E-state index < -0.39 is 6.04 Å². The summed E-state index contributed by atoms with van der Waals surface area (Å²) in [4.78, 5) is 41.8. The smallest absolute Gasteiger partial charge is 0.247 e. The zero-order chi connectivity index (χ0) is 29.2. The number of carbonyl (C=O) groups excluding carboxylic acids is 3. The minimum absolute atomic E-state index is 0.175. The SMILES string of the molecule is C=C(CN(CC)CC)C(=O)NC[C@@H](NC(=O)[C@H](Cc1cc2ccc(C(C)C)cc2s1)NC(C)=O)C1CCCCC1. The number of nitrogens with one attached hydrogen (secondary N) is 3. The molecule has 1 aliphatic carbocycles. The predicted octanol–water partition coefficient (Wildman–Crippen LogP) is 5.15. The monoisotopic (exact) mass is 568 g/mol. The van der Waals surface area contributed by atoms with Gasteiger partial charge in [0.05, 0.1) is 0 Å². The summed E-state index contributed by atoms with van der Waals surface area (Å²) in [5, 5.41) is 10.3. The van der Waals surface area contributed by atoms with Crippen LogP contribution in [0.2, 0.25) is 0 Å². The van der Waals surface area contributed by atoms with Gasteiger partial charge < -0.3 is 16.0 Å². The Hall–Kier alpha value is -2.71. The summed E-state index contributed by atoms with van der Waals surface area (Å²) in [5.74, 6) is 0.109. The van der Waals surface area contributed by atoms with Gasteiger partial charge in [-0.25, -0.2) is 0 Å². The van der Waals surface area contributed by atoms with E-state index in [1.54, 1.807) is 11.3 Å². The van der Waals surface area contributed by atoms with Crippen LogP contribution in [0.4, 0.5) is 0 Å². The van der Waals surface area contributed by atoms with E-state index in [4.69, 9.17) is 0 Å². The van der Waals surface area contributed by atoms with Crippen LogP contribution < -0.4 is 16.0 Å². The summed E-state index contributed by atoms with van der Waals surface area (Å²) in [6.45, 7) is 16.5. The molecule has 3 N–H and O–H groups in total. The standard InChI is InChI=1S/C32H48N4O3S/c1-7-36(8-2)20-22(5)31(38)33-19-29(24-12-10-9-11-13-24)35-32(39)28(34-23(6)37)18-27-16-26-15-14-25(21(3)4)17-30(26)40-27/h14-17,21,24,28-29H,5,7-13,18-20H2,1-4,6H3,(H,33,38)(H,34,37)(H,35,39)/t28-,29+/m0/s1. The average molecular weight is 569 g/mol. The first kappa shape index (κ1) is 31.8. The molecule has 0 unspecified atom stereocenters. The van der Waals surface area contributed by atoms with Crippen LogP contribution in [-0.2, 0) is 20.8 Å². The lowest BCUT2D eigenvalue weighted by Crippen LogP contribution is -2.55. The Bertz CT molecular complexity index is 1160. The molecule has 7 nitrogen and oxygen atoms in total. The zero-order valence-corrected chi connectivity index (χ0v) is 25.8. The molecule has 2 atom stereocenters. The van der Waals surface area contributed by atoms with Crippen LogP contribution in [0.15, 0.2) is 36.4 Å². The summed E-state index contributed by atoms with van der Waals surface area (Å²) in [7, 11) is 0. The second-order valence-corrected chi connectivity index (χ2v) is 12.6. The van der Waals surface area contributed by atoms with E-state index in [9.17, 15) is 14.4 Å². The minimum Gasteiger partial charge on any atom is -0.350 e. The molecule has 0 saturated heterocycles. The fourth-order valence-electron chi connectivity index (χ4n) is 5.49. The molecule has 1 heterocycles. The topological polar surface area (TPSA) is 90.5 Å². The zero-order valence-electron chi connectivity index (χ0n) is 25.0. The maximum atomic E-state index is 13.6. The van der Waals surface area contributed by atoms with E-state index in [0.29, 0.717) is 31.0 Å². The first-order chi connectivity index (χ1) is 19.1. The van der Waals surface area contributed by atoms with Gasteiger partial charge in [0, 0.05) is 47.6 Å². The van der Waals surface area contributed by atoms with Crippen molar-refractivity contribution in [3.05, 3.63) is 46.9 Å². The Morgan fingerprint density at radius 1 is 1.05 bits per heavy atom. The lowest BCUT2D eigenvalue weighted by molar-refractivity contribution is -0.129. The van der Waals surface area contributed by atoms with E-state index in [1.807, 2.05) is 0 Å². The van der Waals surface area contributed by atoms with Gasteiger partial charge in [-0.15, -0.1) is 11.3 Å². The normalized spacial score (nSPS) is 15.7. The molecule has 220 valence electrons. The van der Waals surface area contributed by atoms with Crippen LogP contribution in [0.1, 0.15) is 83.1 Å². The molecule has 1 fully saturated rings. The van der Waals surface area contributed by atoms with Crippen LogP contribution >= 0.6 is 11.3 Å². The molecule has 0 aliphatic heterocycles. The summed E-state index contributed by atoms with van der Waals surface area (Å²) < 4.78 is 1.19. The van der Waals surface area contributed by atoms with Crippen molar-refractivity contribution in [1.82, 2.24) is 20.9 Å². The summed E-state index contributed by atoms with van der Waals surface area (Å²) in [5.41, 5.74) is 1.81. The second kappa shape index (κ2) is 15.3. The molecule has 1 aliphatic rings. The van der Waals surface area contributed by atoms with E-state index in [0.717, 1.165) is 49.0 Å². The molecule has 0 bridgehead atoms. The van der Waals surface area contributed by atoms with E-state index in [-0.39, 0.29) is 29.7 Å². The number of nitrogens with zero attached hydrogens (tertiary/aromatic N) is 1. The molecule has 3 amide bonds. The van der Waals surface area contributed by atoms with Crippen molar-refractivity contribution in [2.75, 3.05) is 26.2 Å². The quantitative estimate of drug-likeness (QED) is 0.275. The van der Waals surface area contributed by atoms with E-state index >= 15 is 0 Å². The summed E-state index contributed by atoms with van der Waals surface area (Å²) >= 11 is 1.67. The van der Waals surface area contributed by atoms with Crippen LogP contribution in [0, 0.1) is 5.92 Å². The van der Waals surface area contributed by atoms with Crippen molar-refractivity contribution in [2.24, 2.45) is 5.92 Å². The Kier molecular flexibility index (Phi) is 12.2. The molecule has 1 aromatic heterocycles. The summed E-state index contributed by atoms with van der Waals surface area (Å²) in [6.07, 6.45) is 5.89. The van der Waals surface area contributed by atoms with Gasteiger partial charge in [-0.1, -0.05) is 65.7 Å². The van der Waals surface area contributed by atoms with Gasteiger partial charge >= 0.3 is 0 Å². The largest absolute Gasteiger partial charge is 0.350 e. The van der Waals surface area contributed by atoms with Crippen molar-refractivity contribution in [2.45, 2.75) is 91.1 Å². The number of rotatable bonds is 14. The molecule has 3 rings (SSSR count). The lowest BCUT2D eigenvalue weighted by atomic mass is 9.83. The van der Waals surface area contributed by atoms with Crippen LogP contribution in [0.25, 0.3) is 10.1 Å². The molecule has 8 heteroatoms. The number of carbonyl (C=O) groups is 3. The van der Waals surface area contributed by atoms with Gasteiger partial charge in [0.2, 0.25) is 17.7 Å². The predicted molar refractivity (Wildman–Crippen MR) is 166 cm³/mol. The highest BCUT2D eigenvalue weighted by Gasteiger charge is 2.29. The number of benzene rings is 1. The van der Waals surface area contributed by atoms with Crippen molar-refractivity contribution in [3.8, 4) is 0 Å². The van der Waals surface area contributed by atoms with Gasteiger partial charge in [0.25, 0.3) is 0 Å². The Labute approximate surface area is 244 Å². The number of thiophene rings is 1. The van der Waals surface area contributed by atoms with E-state index in [1.165, 1.54) is 23.6 Å². The number of likely N-dealkylation sites (N-methyl/N-ethyl adjacent to an activating group) is 1. The van der Waals surface area contributed by atoms with Crippen molar-refractivity contribution >= 4 is 39.1 Å². The van der Waals surface area contributed by atoms with Gasteiger partial charge in [0.15, 0.2) is 0 Å². The average Bonchev–Trinajstić information content (AvgIpc) is 3.34. The van der Waals surface area contributed by atoms with E-state index in [2.05, 4.69) is 79.4 Å².